The van der Waals surface area contributed by atoms with Crippen LogP contribution in [0.25, 0.3) is 21.9 Å². The van der Waals surface area contributed by atoms with Crippen molar-refractivity contribution in [3.05, 3.63) is 130 Å². The Morgan fingerprint density at radius 3 is 2.48 bits per heavy atom. The van der Waals surface area contributed by atoms with E-state index in [0.717, 1.165) is 39.8 Å². The van der Waals surface area contributed by atoms with Crippen molar-refractivity contribution in [2.45, 2.75) is 30.3 Å². The molecule has 1 N–H and O–H groups in total. The first-order valence-electron chi connectivity index (χ1n) is 13.2. The number of fused-ring (bicyclic) bond motifs is 2. The fourth-order valence-electron chi connectivity index (χ4n) is 5.33. The Morgan fingerprint density at radius 2 is 1.67 bits per heavy atom. The number of rotatable bonds is 7. The third-order valence-corrected chi connectivity index (χ3v) is 8.43. The summed E-state index contributed by atoms with van der Waals surface area (Å²) in [6, 6.07) is 26.6. The third-order valence-electron chi connectivity index (χ3n) is 7.27. The van der Waals surface area contributed by atoms with E-state index in [1.165, 1.54) is 28.5 Å². The first-order valence-corrected chi connectivity index (χ1v) is 14.2. The van der Waals surface area contributed by atoms with Crippen LogP contribution in [0.4, 0.5) is 13.2 Å². The minimum Gasteiger partial charge on any atom is -0.488 e. The lowest BCUT2D eigenvalue weighted by Crippen LogP contribution is -2.29. The molecule has 6 rings (SSSR count). The number of aromatic nitrogens is 1. The molecule has 0 unspecified atom stereocenters. The van der Waals surface area contributed by atoms with Crippen LogP contribution in [0, 0.1) is 0 Å². The van der Waals surface area contributed by atoms with Gasteiger partial charge in [-0.05, 0) is 52.3 Å². The smallest absolute Gasteiger partial charge is 0.416 e. The van der Waals surface area contributed by atoms with Crippen LogP contribution in [0.3, 0.4) is 0 Å². The molecule has 5 nitrogen and oxygen atoms in total. The number of alkyl halides is 3. The van der Waals surface area contributed by atoms with Crippen LogP contribution < -0.4 is 10.3 Å². The Labute approximate surface area is 243 Å². The van der Waals surface area contributed by atoms with Gasteiger partial charge in [0.15, 0.2) is 0 Å². The van der Waals surface area contributed by atoms with Crippen molar-refractivity contribution in [2.24, 2.45) is 0 Å². The summed E-state index contributed by atoms with van der Waals surface area (Å²) in [4.78, 5) is 25.0. The average molecular weight is 588 g/mol. The quantitative estimate of drug-likeness (QED) is 0.213. The average Bonchev–Trinajstić information content (AvgIpc) is 3.42. The van der Waals surface area contributed by atoms with E-state index in [2.05, 4.69) is 0 Å². The zero-order chi connectivity index (χ0) is 29.4. The van der Waals surface area contributed by atoms with E-state index in [-0.39, 0.29) is 17.7 Å². The number of nitrogens with zero attached hydrogens (tertiary/aromatic N) is 1. The van der Waals surface area contributed by atoms with Gasteiger partial charge in [-0.1, -0.05) is 72.8 Å². The minimum atomic E-state index is -4.56. The fourth-order valence-corrected chi connectivity index (χ4v) is 6.69. The number of carbonyl (C=O) groups is 1. The van der Waals surface area contributed by atoms with Crippen molar-refractivity contribution in [1.29, 1.82) is 0 Å². The number of ether oxygens (including phenoxy) is 1. The molecule has 2 heterocycles. The topological polar surface area (TPSA) is 68.5 Å². The fraction of sp³-hybridized carbons (Fsp3) is 0.152. The van der Waals surface area contributed by atoms with Crippen LogP contribution in [0.1, 0.15) is 28.3 Å². The van der Waals surface area contributed by atoms with E-state index in [1.807, 2.05) is 66.7 Å². The van der Waals surface area contributed by atoms with Gasteiger partial charge in [-0.15, -0.1) is 11.8 Å². The lowest BCUT2D eigenvalue weighted by molar-refractivity contribution is -0.140. The number of carboxylic acids is 1. The lowest BCUT2D eigenvalue weighted by Gasteiger charge is -2.18. The number of thioether (sulfide) groups is 1. The second-order valence-electron chi connectivity index (χ2n) is 10.1. The van der Waals surface area contributed by atoms with Gasteiger partial charge in [0.2, 0.25) is 0 Å². The van der Waals surface area contributed by atoms with Crippen LogP contribution >= 0.6 is 11.8 Å². The van der Waals surface area contributed by atoms with Crippen molar-refractivity contribution in [1.82, 2.24) is 4.57 Å². The summed E-state index contributed by atoms with van der Waals surface area (Å²) in [5.41, 5.74) is 1.65. The van der Waals surface area contributed by atoms with E-state index < -0.39 is 29.3 Å². The summed E-state index contributed by atoms with van der Waals surface area (Å²) >= 11 is 1.17. The molecule has 0 aliphatic carbocycles. The predicted molar refractivity (Wildman–Crippen MR) is 156 cm³/mol. The standard InChI is InChI=1S/C33H24F3NO4S/c34-33(35,36)25-11-4-10-23(16-25)30-24(17-29(38)37-27(32(39)40)19-42-31(30)37)15-20-6-3-7-21(14-20)18-41-28-13-5-9-22-8-1-2-12-26(22)28/h1-14,16-17,27H,15,18-19H2,(H,39,40)/t27-/m0/s1. The number of pyridine rings is 1. The first kappa shape index (κ1) is 27.7. The molecular weight excluding hydrogens is 563 g/mol. The molecule has 42 heavy (non-hydrogen) atoms. The highest BCUT2D eigenvalue weighted by Crippen LogP contribution is 2.42. The molecule has 0 fully saturated rings. The van der Waals surface area contributed by atoms with Crippen LogP contribution in [0.5, 0.6) is 5.75 Å². The van der Waals surface area contributed by atoms with E-state index in [4.69, 9.17) is 4.74 Å². The molecule has 4 aromatic carbocycles. The van der Waals surface area contributed by atoms with Gasteiger partial charge in [0.25, 0.3) is 5.56 Å². The molecule has 0 amide bonds. The van der Waals surface area contributed by atoms with Crippen LogP contribution in [0.15, 0.2) is 107 Å². The molecule has 0 saturated carbocycles. The van der Waals surface area contributed by atoms with Crippen molar-refractivity contribution in [2.75, 3.05) is 5.75 Å². The van der Waals surface area contributed by atoms with Gasteiger partial charge >= 0.3 is 12.1 Å². The van der Waals surface area contributed by atoms with Crippen LogP contribution in [-0.2, 0) is 24.0 Å². The maximum atomic E-state index is 13.6. The third kappa shape index (κ3) is 5.39. The van der Waals surface area contributed by atoms with E-state index in [1.54, 1.807) is 6.07 Å². The zero-order valence-corrected chi connectivity index (χ0v) is 22.9. The summed E-state index contributed by atoms with van der Waals surface area (Å²) in [6.07, 6.45) is -4.30. The number of benzene rings is 4. The molecule has 1 atom stereocenters. The monoisotopic (exact) mass is 587 g/mol. The molecule has 0 bridgehead atoms. The normalized spacial score (nSPS) is 14.6. The van der Waals surface area contributed by atoms with Gasteiger partial charge in [0.05, 0.1) is 10.6 Å². The van der Waals surface area contributed by atoms with Gasteiger partial charge in [0.1, 0.15) is 18.4 Å². The molecule has 1 aromatic heterocycles. The number of halogens is 3. The summed E-state index contributed by atoms with van der Waals surface area (Å²) in [6.45, 7) is 0.297. The van der Waals surface area contributed by atoms with Crippen LogP contribution in [-0.4, -0.2) is 21.4 Å². The van der Waals surface area contributed by atoms with Gasteiger partial charge in [-0.3, -0.25) is 9.36 Å². The number of hydrogen-bond acceptors (Lipinski definition) is 4. The molecular formula is C33H24F3NO4S. The Balaban J connectivity index is 1.37. The number of carboxylic acid groups (broad SMARTS) is 1. The lowest BCUT2D eigenvalue weighted by atomic mass is 9.94. The molecule has 1 aliphatic heterocycles. The Kier molecular flexibility index (Phi) is 7.28. The number of aliphatic carboxylic acids is 1. The first-order chi connectivity index (χ1) is 20.2. The summed E-state index contributed by atoms with van der Waals surface area (Å²) in [5, 5.41) is 12.1. The van der Waals surface area contributed by atoms with Gasteiger partial charge in [-0.2, -0.15) is 13.2 Å². The molecule has 212 valence electrons. The van der Waals surface area contributed by atoms with Gasteiger partial charge in [0, 0.05) is 22.8 Å². The van der Waals surface area contributed by atoms with E-state index >= 15 is 0 Å². The summed E-state index contributed by atoms with van der Waals surface area (Å²) < 4.78 is 48.2. The highest BCUT2D eigenvalue weighted by molar-refractivity contribution is 7.99. The maximum absolute atomic E-state index is 13.6. The predicted octanol–water partition coefficient (Wildman–Crippen LogP) is 7.59. The molecule has 9 heteroatoms. The summed E-state index contributed by atoms with van der Waals surface area (Å²) in [5.74, 6) is -0.298. The van der Waals surface area contributed by atoms with Crippen molar-refractivity contribution in [3.8, 4) is 16.9 Å². The van der Waals surface area contributed by atoms with Crippen molar-refractivity contribution in [3.63, 3.8) is 0 Å². The molecule has 5 aromatic rings. The molecule has 0 radical (unpaired) electrons. The summed E-state index contributed by atoms with van der Waals surface area (Å²) in [7, 11) is 0. The number of hydrogen-bond donors (Lipinski definition) is 1. The largest absolute Gasteiger partial charge is 0.488 e. The van der Waals surface area contributed by atoms with Crippen molar-refractivity contribution >= 4 is 28.5 Å². The molecule has 0 saturated heterocycles. The second kappa shape index (κ2) is 11.1. The Morgan fingerprint density at radius 1 is 0.929 bits per heavy atom. The van der Waals surface area contributed by atoms with Gasteiger partial charge < -0.3 is 9.84 Å². The molecule has 0 spiro atoms. The van der Waals surface area contributed by atoms with Crippen LogP contribution in [0.2, 0.25) is 0 Å². The minimum absolute atomic E-state index is 0.112. The Hall–Kier alpha value is -4.50. The zero-order valence-electron chi connectivity index (χ0n) is 22.1. The second-order valence-corrected chi connectivity index (χ2v) is 11.1. The maximum Gasteiger partial charge on any atom is 0.416 e. The van der Waals surface area contributed by atoms with Crippen molar-refractivity contribution < 1.29 is 27.8 Å². The van der Waals surface area contributed by atoms with Gasteiger partial charge in [-0.25, -0.2) is 4.79 Å². The Bertz CT molecular complexity index is 1880. The SMILES string of the molecule is O=C(O)[C@@H]1CSc2c(-c3cccc(C(F)(F)F)c3)c(Cc3cccc(COc4cccc5ccccc45)c3)cc(=O)n21. The van der Waals surface area contributed by atoms with E-state index in [0.29, 0.717) is 22.8 Å². The molecule has 1 aliphatic rings. The highest BCUT2D eigenvalue weighted by atomic mass is 32.2. The highest BCUT2D eigenvalue weighted by Gasteiger charge is 2.35. The van der Waals surface area contributed by atoms with E-state index in [9.17, 15) is 27.9 Å².